The van der Waals surface area contributed by atoms with Crippen molar-refractivity contribution >= 4 is 12.3 Å². The van der Waals surface area contributed by atoms with Gasteiger partial charge in [-0.15, -0.1) is 11.8 Å². The van der Waals surface area contributed by atoms with Gasteiger partial charge in [0.2, 0.25) is 0 Å². The van der Waals surface area contributed by atoms with Crippen molar-refractivity contribution in [1.82, 2.24) is 14.7 Å². The van der Waals surface area contributed by atoms with E-state index in [-0.39, 0.29) is 6.09 Å². The van der Waals surface area contributed by atoms with Crippen molar-refractivity contribution in [3.63, 3.8) is 0 Å². The van der Waals surface area contributed by atoms with Crippen LogP contribution in [0.2, 0.25) is 0 Å². The van der Waals surface area contributed by atoms with Gasteiger partial charge in [0, 0.05) is 24.9 Å². The molecule has 1 aliphatic rings. The molecule has 24 heavy (non-hydrogen) atoms. The van der Waals surface area contributed by atoms with E-state index in [1.54, 1.807) is 16.5 Å². The first-order valence-electron chi connectivity index (χ1n) is 7.99. The minimum absolute atomic E-state index is 0.343. The molecule has 130 valence electrons. The molecule has 0 saturated heterocycles. The Hall–Kier alpha value is -2.49. The van der Waals surface area contributed by atoms with E-state index in [0.29, 0.717) is 38.2 Å². The summed E-state index contributed by atoms with van der Waals surface area (Å²) in [5.74, 6) is 5.85. The van der Waals surface area contributed by atoms with Crippen LogP contribution in [0.1, 0.15) is 51.1 Å². The fourth-order valence-corrected chi connectivity index (χ4v) is 2.59. The summed E-state index contributed by atoms with van der Waals surface area (Å²) >= 11 is 0. The van der Waals surface area contributed by atoms with E-state index in [0.717, 1.165) is 11.3 Å². The van der Waals surface area contributed by atoms with Crippen molar-refractivity contribution in [2.24, 2.45) is 5.16 Å². The number of hydrogen-bond acceptors (Lipinski definition) is 5. The lowest BCUT2D eigenvalue weighted by Crippen LogP contribution is -2.40. The molecule has 0 atom stereocenters. The summed E-state index contributed by atoms with van der Waals surface area (Å²) in [6.07, 6.45) is 2.33. The highest BCUT2D eigenvalue weighted by atomic mass is 16.6. The smallest absolute Gasteiger partial charge is 0.410 e. The van der Waals surface area contributed by atoms with Crippen molar-refractivity contribution in [2.75, 3.05) is 6.54 Å². The van der Waals surface area contributed by atoms with E-state index in [1.165, 1.54) is 6.21 Å². The van der Waals surface area contributed by atoms with E-state index < -0.39 is 5.60 Å². The number of hydrogen-bond donors (Lipinski definition) is 1. The number of ether oxygens (including phenoxy) is 1. The van der Waals surface area contributed by atoms with Gasteiger partial charge >= 0.3 is 6.09 Å². The second kappa shape index (κ2) is 7.39. The molecular formula is C17H24N4O3. The van der Waals surface area contributed by atoms with Gasteiger partial charge in [-0.05, 0) is 27.7 Å². The third kappa shape index (κ3) is 4.28. The molecule has 7 nitrogen and oxygen atoms in total. The van der Waals surface area contributed by atoms with Crippen LogP contribution in [0.5, 0.6) is 0 Å². The molecule has 1 aromatic rings. The van der Waals surface area contributed by atoms with Gasteiger partial charge in [0.05, 0.1) is 30.7 Å². The number of amides is 1. The number of oxime groups is 1. The lowest BCUT2D eigenvalue weighted by atomic mass is 10.1. The van der Waals surface area contributed by atoms with Crippen molar-refractivity contribution < 1.29 is 14.7 Å². The van der Waals surface area contributed by atoms with Gasteiger partial charge < -0.3 is 14.8 Å². The quantitative estimate of drug-likeness (QED) is 0.399. The Bertz CT molecular complexity index is 689. The van der Waals surface area contributed by atoms with Gasteiger partial charge in [-0.2, -0.15) is 5.10 Å². The molecule has 0 aliphatic carbocycles. The van der Waals surface area contributed by atoms with Gasteiger partial charge in [0.25, 0.3) is 0 Å². The number of carbonyl (C=O) groups is 1. The molecule has 1 aromatic heterocycles. The number of aryl methyl sites for hydroxylation is 1. The number of rotatable bonds is 3. The molecule has 1 amide bonds. The van der Waals surface area contributed by atoms with Gasteiger partial charge in [-0.3, -0.25) is 4.68 Å². The predicted molar refractivity (Wildman–Crippen MR) is 90.0 cm³/mol. The highest BCUT2D eigenvalue weighted by Gasteiger charge is 2.29. The molecule has 0 radical (unpaired) electrons. The van der Waals surface area contributed by atoms with Crippen molar-refractivity contribution in [2.45, 2.75) is 59.2 Å². The number of fused-ring (bicyclic) bond motifs is 1. The molecule has 1 aliphatic heterocycles. The van der Waals surface area contributed by atoms with Crippen LogP contribution in [0.4, 0.5) is 4.79 Å². The Kier molecular flexibility index (Phi) is 5.50. The minimum atomic E-state index is -0.532. The normalized spacial score (nSPS) is 14.2. The minimum Gasteiger partial charge on any atom is -0.444 e. The largest absolute Gasteiger partial charge is 0.444 e. The summed E-state index contributed by atoms with van der Waals surface area (Å²) in [4.78, 5) is 13.9. The van der Waals surface area contributed by atoms with Crippen molar-refractivity contribution in [3.05, 3.63) is 17.0 Å². The molecule has 7 heteroatoms. The zero-order chi connectivity index (χ0) is 17.7. The number of nitrogens with zero attached hydrogens (tertiary/aromatic N) is 4. The Labute approximate surface area is 142 Å². The van der Waals surface area contributed by atoms with E-state index in [1.807, 2.05) is 20.8 Å². The van der Waals surface area contributed by atoms with Crippen LogP contribution in [-0.4, -0.2) is 44.3 Å². The molecule has 0 unspecified atom stereocenters. The van der Waals surface area contributed by atoms with E-state index >= 15 is 0 Å². The molecule has 1 N–H and O–H groups in total. The van der Waals surface area contributed by atoms with Crippen LogP contribution in [0.25, 0.3) is 0 Å². The average molecular weight is 332 g/mol. The standard InChI is InChI=1S/C17H24N4O3/c1-5-6-7-9-21-15(11-18-23)13-12-20(10-8-14(13)19-21)16(22)24-17(2,3)4/h11,23H,7-10,12H2,1-4H3/b18-11-. The molecule has 0 saturated carbocycles. The van der Waals surface area contributed by atoms with Crippen LogP contribution in [0.3, 0.4) is 0 Å². The summed E-state index contributed by atoms with van der Waals surface area (Å²) in [7, 11) is 0. The lowest BCUT2D eigenvalue weighted by molar-refractivity contribution is 0.0223. The van der Waals surface area contributed by atoms with Crippen LogP contribution in [0, 0.1) is 11.8 Å². The third-order valence-electron chi connectivity index (χ3n) is 3.60. The van der Waals surface area contributed by atoms with Crippen LogP contribution in [0.15, 0.2) is 5.16 Å². The predicted octanol–water partition coefficient (Wildman–Crippen LogP) is 2.40. The SMILES string of the molecule is CC#CCCn1nc2c(c1/C=N\O)CN(C(=O)OC(C)(C)C)CC2. The summed E-state index contributed by atoms with van der Waals surface area (Å²) in [6, 6.07) is 0. The zero-order valence-electron chi connectivity index (χ0n) is 14.7. The Balaban J connectivity index is 2.22. The third-order valence-corrected chi connectivity index (χ3v) is 3.60. The van der Waals surface area contributed by atoms with Gasteiger partial charge in [-0.25, -0.2) is 4.79 Å². The Morgan fingerprint density at radius 2 is 2.25 bits per heavy atom. The Morgan fingerprint density at radius 1 is 1.50 bits per heavy atom. The number of carbonyl (C=O) groups excluding carboxylic acids is 1. The summed E-state index contributed by atoms with van der Waals surface area (Å²) < 4.78 is 7.22. The number of aromatic nitrogens is 2. The van der Waals surface area contributed by atoms with Crippen molar-refractivity contribution in [3.8, 4) is 11.8 Å². The second-order valence-electron chi connectivity index (χ2n) is 6.61. The zero-order valence-corrected chi connectivity index (χ0v) is 14.7. The van der Waals surface area contributed by atoms with Gasteiger partial charge in [0.15, 0.2) is 0 Å². The molecular weight excluding hydrogens is 308 g/mol. The maximum Gasteiger partial charge on any atom is 0.410 e. The van der Waals surface area contributed by atoms with Gasteiger partial charge in [-0.1, -0.05) is 5.16 Å². The lowest BCUT2D eigenvalue weighted by Gasteiger charge is -2.29. The summed E-state index contributed by atoms with van der Waals surface area (Å²) in [5.41, 5.74) is 2.00. The fraction of sp³-hybridized carbons (Fsp3) is 0.588. The molecule has 0 aromatic carbocycles. The summed E-state index contributed by atoms with van der Waals surface area (Å²) in [5, 5.41) is 16.7. The topological polar surface area (TPSA) is 80.0 Å². The van der Waals surface area contributed by atoms with Gasteiger partial charge in [0.1, 0.15) is 5.60 Å². The van der Waals surface area contributed by atoms with E-state index in [2.05, 4.69) is 22.1 Å². The monoisotopic (exact) mass is 332 g/mol. The van der Waals surface area contributed by atoms with E-state index in [4.69, 9.17) is 9.94 Å². The van der Waals surface area contributed by atoms with Crippen LogP contribution >= 0.6 is 0 Å². The average Bonchev–Trinajstić information content (AvgIpc) is 2.83. The maximum absolute atomic E-state index is 12.3. The first kappa shape index (κ1) is 17.9. The molecule has 2 rings (SSSR count). The first-order chi connectivity index (χ1) is 11.4. The molecule has 0 fully saturated rings. The van der Waals surface area contributed by atoms with Crippen LogP contribution in [-0.2, 0) is 24.2 Å². The Morgan fingerprint density at radius 3 is 2.88 bits per heavy atom. The second-order valence-corrected chi connectivity index (χ2v) is 6.61. The molecule has 0 bridgehead atoms. The fourth-order valence-electron chi connectivity index (χ4n) is 2.59. The highest BCUT2D eigenvalue weighted by Crippen LogP contribution is 2.23. The first-order valence-corrected chi connectivity index (χ1v) is 7.99. The maximum atomic E-state index is 12.3. The molecule has 0 spiro atoms. The molecule has 2 heterocycles. The summed E-state index contributed by atoms with van der Waals surface area (Å²) in [6.45, 7) is 8.89. The van der Waals surface area contributed by atoms with E-state index in [9.17, 15) is 4.79 Å². The van der Waals surface area contributed by atoms with Crippen molar-refractivity contribution in [1.29, 1.82) is 0 Å². The highest BCUT2D eigenvalue weighted by molar-refractivity contribution is 5.80. The van der Waals surface area contributed by atoms with Crippen LogP contribution < -0.4 is 0 Å².